The van der Waals surface area contributed by atoms with Gasteiger partial charge in [0.15, 0.2) is 0 Å². The lowest BCUT2D eigenvalue weighted by Crippen LogP contribution is -2.13. The maximum absolute atomic E-state index is 8.93. The van der Waals surface area contributed by atoms with Crippen LogP contribution in [0.3, 0.4) is 0 Å². The minimum Gasteiger partial charge on any atom is -0.475 e. The van der Waals surface area contributed by atoms with Crippen molar-refractivity contribution in [3.63, 3.8) is 0 Å². The van der Waals surface area contributed by atoms with Crippen LogP contribution in [-0.4, -0.2) is 22.8 Å². The van der Waals surface area contributed by atoms with Crippen molar-refractivity contribution in [1.29, 1.82) is 0 Å². The van der Waals surface area contributed by atoms with Gasteiger partial charge >= 0.3 is 0 Å². The Labute approximate surface area is 72.0 Å². The molecule has 3 nitrogen and oxygen atoms in total. The van der Waals surface area contributed by atoms with E-state index in [1.165, 1.54) is 0 Å². The number of rotatable bonds is 3. The molecule has 0 aliphatic carbocycles. The van der Waals surface area contributed by atoms with Gasteiger partial charge in [0.25, 0.3) is 0 Å². The van der Waals surface area contributed by atoms with Gasteiger partial charge in [-0.1, -0.05) is 6.07 Å². The van der Waals surface area contributed by atoms with E-state index in [0.29, 0.717) is 5.88 Å². The first kappa shape index (κ1) is 9.00. The molecule has 1 atom stereocenters. The average Bonchev–Trinajstić information content (AvgIpc) is 2.01. The third kappa shape index (κ3) is 2.88. The molecule has 0 saturated carbocycles. The van der Waals surface area contributed by atoms with E-state index in [0.717, 1.165) is 5.69 Å². The van der Waals surface area contributed by atoms with Gasteiger partial charge in [-0.25, -0.2) is 4.98 Å². The number of aromatic nitrogens is 1. The van der Waals surface area contributed by atoms with Crippen molar-refractivity contribution in [2.75, 3.05) is 6.61 Å². The average molecular weight is 167 g/mol. The summed E-state index contributed by atoms with van der Waals surface area (Å²) >= 11 is 0. The second-order valence-corrected chi connectivity index (χ2v) is 2.78. The summed E-state index contributed by atoms with van der Waals surface area (Å²) in [5.41, 5.74) is 0.915. The minimum absolute atomic E-state index is 0.288. The lowest BCUT2D eigenvalue weighted by molar-refractivity contribution is 0.120. The lowest BCUT2D eigenvalue weighted by Gasteiger charge is -2.06. The Morgan fingerprint density at radius 3 is 2.92 bits per heavy atom. The number of aryl methyl sites for hydroxylation is 1. The quantitative estimate of drug-likeness (QED) is 0.734. The van der Waals surface area contributed by atoms with Crippen molar-refractivity contribution < 1.29 is 9.84 Å². The highest BCUT2D eigenvalue weighted by molar-refractivity contribution is 5.14. The van der Waals surface area contributed by atoms with Gasteiger partial charge in [0.1, 0.15) is 6.61 Å². The van der Waals surface area contributed by atoms with Crippen molar-refractivity contribution in [2.45, 2.75) is 20.0 Å². The first-order valence-electron chi connectivity index (χ1n) is 3.93. The summed E-state index contributed by atoms with van der Waals surface area (Å²) in [4.78, 5) is 4.11. The molecule has 1 heterocycles. The summed E-state index contributed by atoms with van der Waals surface area (Å²) in [6.45, 7) is 3.86. The molecule has 0 unspecified atom stereocenters. The highest BCUT2D eigenvalue weighted by atomic mass is 16.5. The van der Waals surface area contributed by atoms with Crippen molar-refractivity contribution in [2.24, 2.45) is 0 Å². The van der Waals surface area contributed by atoms with Crippen LogP contribution in [0.15, 0.2) is 18.2 Å². The van der Waals surface area contributed by atoms with Crippen LogP contribution in [0.25, 0.3) is 0 Å². The van der Waals surface area contributed by atoms with Gasteiger partial charge in [0, 0.05) is 11.8 Å². The van der Waals surface area contributed by atoms with Crippen molar-refractivity contribution in [1.82, 2.24) is 4.98 Å². The van der Waals surface area contributed by atoms with E-state index >= 15 is 0 Å². The Morgan fingerprint density at radius 2 is 2.33 bits per heavy atom. The van der Waals surface area contributed by atoms with E-state index < -0.39 is 6.10 Å². The highest BCUT2D eigenvalue weighted by Crippen LogP contribution is 2.06. The van der Waals surface area contributed by atoms with Crippen LogP contribution in [-0.2, 0) is 0 Å². The molecule has 0 radical (unpaired) electrons. The fourth-order valence-electron chi connectivity index (χ4n) is 0.804. The first-order chi connectivity index (χ1) is 5.68. The number of aliphatic hydroxyl groups excluding tert-OH is 1. The zero-order chi connectivity index (χ0) is 8.97. The maximum Gasteiger partial charge on any atom is 0.213 e. The van der Waals surface area contributed by atoms with E-state index in [1.54, 1.807) is 13.0 Å². The van der Waals surface area contributed by atoms with E-state index in [1.807, 2.05) is 19.1 Å². The molecular weight excluding hydrogens is 154 g/mol. The molecule has 1 rings (SSSR count). The molecule has 0 amide bonds. The van der Waals surface area contributed by atoms with Gasteiger partial charge < -0.3 is 9.84 Å². The van der Waals surface area contributed by atoms with Crippen molar-refractivity contribution in [3.8, 4) is 5.88 Å². The Balaban J connectivity index is 2.52. The van der Waals surface area contributed by atoms with E-state index in [4.69, 9.17) is 9.84 Å². The molecule has 0 spiro atoms. The van der Waals surface area contributed by atoms with Crippen LogP contribution in [0.4, 0.5) is 0 Å². The fourth-order valence-corrected chi connectivity index (χ4v) is 0.804. The van der Waals surface area contributed by atoms with Crippen LogP contribution in [0.2, 0.25) is 0 Å². The molecule has 0 fully saturated rings. The number of hydrogen-bond donors (Lipinski definition) is 1. The number of nitrogens with zero attached hydrogens (tertiary/aromatic N) is 1. The molecule has 0 aliphatic heterocycles. The molecule has 3 heteroatoms. The maximum atomic E-state index is 8.93. The molecule has 0 aromatic carbocycles. The predicted molar refractivity (Wildman–Crippen MR) is 46.1 cm³/mol. The van der Waals surface area contributed by atoms with Gasteiger partial charge in [-0.3, -0.25) is 0 Å². The molecular formula is C9H13NO2. The summed E-state index contributed by atoms with van der Waals surface area (Å²) in [5.74, 6) is 0.566. The van der Waals surface area contributed by atoms with Crippen molar-refractivity contribution >= 4 is 0 Å². The van der Waals surface area contributed by atoms with Gasteiger partial charge in [0.05, 0.1) is 6.10 Å². The van der Waals surface area contributed by atoms with Crippen LogP contribution in [0.1, 0.15) is 12.6 Å². The molecule has 1 N–H and O–H groups in total. The first-order valence-corrected chi connectivity index (χ1v) is 3.93. The van der Waals surface area contributed by atoms with Crippen molar-refractivity contribution in [3.05, 3.63) is 23.9 Å². The second-order valence-electron chi connectivity index (χ2n) is 2.78. The van der Waals surface area contributed by atoms with Crippen LogP contribution >= 0.6 is 0 Å². The topological polar surface area (TPSA) is 42.4 Å². The highest BCUT2D eigenvalue weighted by Gasteiger charge is 1.98. The molecule has 0 bridgehead atoms. The van der Waals surface area contributed by atoms with Crippen LogP contribution in [0.5, 0.6) is 5.88 Å². The Morgan fingerprint density at radius 1 is 1.58 bits per heavy atom. The third-order valence-corrected chi connectivity index (χ3v) is 1.34. The normalized spacial score (nSPS) is 12.6. The minimum atomic E-state index is -0.452. The number of hydrogen-bond acceptors (Lipinski definition) is 3. The van der Waals surface area contributed by atoms with Crippen LogP contribution < -0.4 is 4.74 Å². The Bertz CT molecular complexity index is 248. The lowest BCUT2D eigenvalue weighted by atomic mass is 10.4. The van der Waals surface area contributed by atoms with E-state index in [-0.39, 0.29) is 6.61 Å². The zero-order valence-electron chi connectivity index (χ0n) is 7.32. The molecule has 0 aliphatic rings. The third-order valence-electron chi connectivity index (χ3n) is 1.34. The Hall–Kier alpha value is -1.09. The molecule has 66 valence electrons. The molecule has 1 aromatic rings. The second kappa shape index (κ2) is 4.07. The van der Waals surface area contributed by atoms with Gasteiger partial charge in [-0.2, -0.15) is 0 Å². The predicted octanol–water partition coefficient (Wildman–Crippen LogP) is 1.15. The number of ether oxygens (including phenoxy) is 1. The summed E-state index contributed by atoms with van der Waals surface area (Å²) in [6, 6.07) is 5.55. The number of pyridine rings is 1. The van der Waals surface area contributed by atoms with Gasteiger partial charge in [-0.05, 0) is 19.9 Å². The SMILES string of the molecule is Cc1cccc(OC[C@H](C)O)n1. The van der Waals surface area contributed by atoms with E-state index in [9.17, 15) is 0 Å². The summed E-state index contributed by atoms with van der Waals surface area (Å²) < 4.78 is 5.19. The summed E-state index contributed by atoms with van der Waals surface area (Å²) in [7, 11) is 0. The van der Waals surface area contributed by atoms with E-state index in [2.05, 4.69) is 4.98 Å². The van der Waals surface area contributed by atoms with Gasteiger partial charge in [0.2, 0.25) is 5.88 Å². The smallest absolute Gasteiger partial charge is 0.213 e. The standard InChI is InChI=1S/C9H13NO2/c1-7-4-3-5-9(10-7)12-6-8(2)11/h3-5,8,11H,6H2,1-2H3/t8-/m0/s1. The molecule has 1 aromatic heterocycles. The van der Waals surface area contributed by atoms with Crippen LogP contribution in [0, 0.1) is 6.92 Å². The molecule has 12 heavy (non-hydrogen) atoms. The Kier molecular flexibility index (Phi) is 3.05. The monoisotopic (exact) mass is 167 g/mol. The van der Waals surface area contributed by atoms with Gasteiger partial charge in [-0.15, -0.1) is 0 Å². The molecule has 0 saturated heterocycles. The number of aliphatic hydroxyl groups is 1. The summed E-state index contributed by atoms with van der Waals surface area (Å²) in [5, 5.41) is 8.93. The largest absolute Gasteiger partial charge is 0.475 e. The zero-order valence-corrected chi connectivity index (χ0v) is 7.32. The fraction of sp³-hybridized carbons (Fsp3) is 0.444. The summed E-state index contributed by atoms with van der Waals surface area (Å²) in [6.07, 6.45) is -0.452.